The zero-order chi connectivity index (χ0) is 13.7. The van der Waals surface area contributed by atoms with Crippen LogP contribution >= 0.6 is 0 Å². The van der Waals surface area contributed by atoms with Crippen molar-refractivity contribution in [3.05, 3.63) is 24.3 Å². The minimum absolute atomic E-state index is 0.110. The zero-order valence-electron chi connectivity index (χ0n) is 12.1. The molecule has 1 aromatic rings. The highest BCUT2D eigenvalue weighted by atomic mass is 16.6. The lowest BCUT2D eigenvalue weighted by Gasteiger charge is -2.29. The first-order chi connectivity index (χ1) is 9.15. The van der Waals surface area contributed by atoms with Crippen molar-refractivity contribution >= 4 is 0 Å². The monoisotopic (exact) mass is 264 g/mol. The average Bonchev–Trinajstić information content (AvgIpc) is 2.38. The second-order valence-corrected chi connectivity index (χ2v) is 5.37. The van der Waals surface area contributed by atoms with Crippen molar-refractivity contribution in [1.29, 1.82) is 0 Å². The molecule has 1 aliphatic heterocycles. The number of nitrogens with one attached hydrogen (secondary N) is 1. The third kappa shape index (κ3) is 4.40. The Morgan fingerprint density at radius 3 is 2.79 bits per heavy atom. The van der Waals surface area contributed by atoms with Crippen LogP contribution in [0.25, 0.3) is 0 Å². The highest BCUT2D eigenvalue weighted by Crippen LogP contribution is 2.30. The van der Waals surface area contributed by atoms with Gasteiger partial charge in [-0.3, -0.25) is 0 Å². The maximum Gasteiger partial charge on any atom is 0.161 e. The first-order valence-corrected chi connectivity index (χ1v) is 6.95. The number of nitrogens with zero attached hydrogens (tertiary/aromatic N) is 1. The summed E-state index contributed by atoms with van der Waals surface area (Å²) < 4.78 is 11.7. The first-order valence-electron chi connectivity index (χ1n) is 6.95. The molecule has 0 radical (unpaired) electrons. The van der Waals surface area contributed by atoms with Crippen molar-refractivity contribution < 1.29 is 9.47 Å². The number of benzene rings is 1. The molecule has 1 heterocycles. The molecule has 0 saturated heterocycles. The van der Waals surface area contributed by atoms with Crippen LogP contribution in [-0.4, -0.2) is 50.3 Å². The largest absolute Gasteiger partial charge is 0.486 e. The molecule has 1 N–H and O–H groups in total. The molecule has 1 atom stereocenters. The number of ether oxygens (including phenoxy) is 2. The lowest BCUT2D eigenvalue weighted by Crippen LogP contribution is -2.42. The average molecular weight is 264 g/mol. The number of para-hydroxylation sites is 2. The van der Waals surface area contributed by atoms with Crippen molar-refractivity contribution in [1.82, 2.24) is 10.2 Å². The van der Waals surface area contributed by atoms with E-state index in [9.17, 15) is 0 Å². The Bertz CT molecular complexity index is 395. The van der Waals surface area contributed by atoms with E-state index in [-0.39, 0.29) is 6.10 Å². The van der Waals surface area contributed by atoms with E-state index in [0.717, 1.165) is 31.1 Å². The number of hydrogen-bond acceptors (Lipinski definition) is 4. The van der Waals surface area contributed by atoms with E-state index in [1.54, 1.807) is 0 Å². The molecule has 19 heavy (non-hydrogen) atoms. The minimum atomic E-state index is 0.110. The fraction of sp³-hybridized carbons (Fsp3) is 0.600. The molecule has 1 aromatic carbocycles. The Hall–Kier alpha value is -1.26. The van der Waals surface area contributed by atoms with Gasteiger partial charge in [0, 0.05) is 25.7 Å². The highest BCUT2D eigenvalue weighted by Gasteiger charge is 2.21. The van der Waals surface area contributed by atoms with Gasteiger partial charge in [-0.15, -0.1) is 0 Å². The number of rotatable bonds is 6. The molecule has 0 saturated carbocycles. The molecule has 106 valence electrons. The summed E-state index contributed by atoms with van der Waals surface area (Å²) in [4.78, 5) is 2.28. The third-order valence-corrected chi connectivity index (χ3v) is 3.13. The Balaban J connectivity index is 1.75. The topological polar surface area (TPSA) is 33.7 Å². The van der Waals surface area contributed by atoms with Crippen molar-refractivity contribution in [2.45, 2.75) is 26.0 Å². The van der Waals surface area contributed by atoms with Crippen molar-refractivity contribution in [3.63, 3.8) is 0 Å². The quantitative estimate of drug-likeness (QED) is 0.849. The summed E-state index contributed by atoms with van der Waals surface area (Å²) in [5.74, 6) is 1.70. The van der Waals surface area contributed by atoms with E-state index in [4.69, 9.17) is 9.47 Å². The van der Waals surface area contributed by atoms with Crippen LogP contribution in [0.4, 0.5) is 0 Å². The Morgan fingerprint density at radius 1 is 1.32 bits per heavy atom. The normalized spacial score (nSPS) is 18.1. The first kappa shape index (κ1) is 14.2. The van der Waals surface area contributed by atoms with Crippen molar-refractivity contribution in [2.75, 3.05) is 33.3 Å². The fourth-order valence-electron chi connectivity index (χ4n) is 2.14. The van der Waals surface area contributed by atoms with Crippen LogP contribution in [0.3, 0.4) is 0 Å². The van der Waals surface area contributed by atoms with E-state index in [2.05, 4.69) is 31.1 Å². The van der Waals surface area contributed by atoms with Crippen LogP contribution < -0.4 is 14.8 Å². The van der Waals surface area contributed by atoms with Crippen LogP contribution in [-0.2, 0) is 0 Å². The molecule has 0 bridgehead atoms. The molecule has 0 amide bonds. The van der Waals surface area contributed by atoms with Gasteiger partial charge in [-0.25, -0.2) is 0 Å². The van der Waals surface area contributed by atoms with Gasteiger partial charge in [0.2, 0.25) is 0 Å². The van der Waals surface area contributed by atoms with Gasteiger partial charge in [0.15, 0.2) is 11.5 Å². The number of fused-ring (bicyclic) bond motifs is 1. The fourth-order valence-corrected chi connectivity index (χ4v) is 2.14. The van der Waals surface area contributed by atoms with E-state index in [0.29, 0.717) is 12.6 Å². The van der Waals surface area contributed by atoms with E-state index in [1.165, 1.54) is 0 Å². The SMILES string of the molecule is CC(C)NCCN(C)CC1COc2ccccc2O1. The van der Waals surface area contributed by atoms with Gasteiger partial charge < -0.3 is 19.7 Å². The number of likely N-dealkylation sites (N-methyl/N-ethyl adjacent to an activating group) is 1. The summed E-state index contributed by atoms with van der Waals surface area (Å²) in [7, 11) is 2.12. The van der Waals surface area contributed by atoms with Gasteiger partial charge in [0.05, 0.1) is 0 Å². The summed E-state index contributed by atoms with van der Waals surface area (Å²) >= 11 is 0. The molecule has 1 unspecified atom stereocenters. The molecular weight excluding hydrogens is 240 g/mol. The van der Waals surface area contributed by atoms with Crippen LogP contribution in [0.15, 0.2) is 24.3 Å². The highest BCUT2D eigenvalue weighted by molar-refractivity contribution is 5.40. The Kier molecular flexibility index (Phi) is 5.05. The summed E-state index contributed by atoms with van der Waals surface area (Å²) in [5.41, 5.74) is 0. The zero-order valence-corrected chi connectivity index (χ0v) is 12.1. The molecule has 0 spiro atoms. The van der Waals surface area contributed by atoms with Crippen LogP contribution in [0, 0.1) is 0 Å². The second kappa shape index (κ2) is 6.78. The standard InChI is InChI=1S/C15H24N2O2/c1-12(2)16-8-9-17(3)10-13-11-18-14-6-4-5-7-15(14)19-13/h4-7,12-13,16H,8-11H2,1-3H3. The van der Waals surface area contributed by atoms with Gasteiger partial charge >= 0.3 is 0 Å². The molecule has 0 fully saturated rings. The van der Waals surface area contributed by atoms with Gasteiger partial charge in [0.1, 0.15) is 12.7 Å². The molecule has 2 rings (SSSR count). The predicted octanol–water partition coefficient (Wildman–Crippen LogP) is 1.76. The van der Waals surface area contributed by atoms with Crippen LogP contribution in [0.5, 0.6) is 11.5 Å². The van der Waals surface area contributed by atoms with Gasteiger partial charge in [-0.05, 0) is 19.2 Å². The summed E-state index contributed by atoms with van der Waals surface area (Å²) in [6.45, 7) is 7.84. The van der Waals surface area contributed by atoms with E-state index < -0.39 is 0 Å². The molecule has 1 aliphatic rings. The van der Waals surface area contributed by atoms with E-state index >= 15 is 0 Å². The third-order valence-electron chi connectivity index (χ3n) is 3.13. The lowest BCUT2D eigenvalue weighted by atomic mass is 10.2. The predicted molar refractivity (Wildman–Crippen MR) is 77.0 cm³/mol. The van der Waals surface area contributed by atoms with Gasteiger partial charge in [-0.2, -0.15) is 0 Å². The van der Waals surface area contributed by atoms with Crippen LogP contribution in [0.2, 0.25) is 0 Å². The summed E-state index contributed by atoms with van der Waals surface area (Å²) in [6.07, 6.45) is 0.110. The summed E-state index contributed by atoms with van der Waals surface area (Å²) in [6, 6.07) is 8.38. The van der Waals surface area contributed by atoms with Gasteiger partial charge in [0.25, 0.3) is 0 Å². The lowest BCUT2D eigenvalue weighted by molar-refractivity contribution is 0.0656. The van der Waals surface area contributed by atoms with Crippen molar-refractivity contribution in [3.8, 4) is 11.5 Å². The molecule has 4 heteroatoms. The molecule has 4 nitrogen and oxygen atoms in total. The molecule has 0 aromatic heterocycles. The molecule has 0 aliphatic carbocycles. The van der Waals surface area contributed by atoms with Crippen molar-refractivity contribution in [2.24, 2.45) is 0 Å². The Labute approximate surface area is 115 Å². The Morgan fingerprint density at radius 2 is 2.05 bits per heavy atom. The minimum Gasteiger partial charge on any atom is -0.486 e. The van der Waals surface area contributed by atoms with E-state index in [1.807, 2.05) is 24.3 Å². The maximum absolute atomic E-state index is 5.94. The molecular formula is C15H24N2O2. The second-order valence-electron chi connectivity index (χ2n) is 5.37. The maximum atomic E-state index is 5.94. The van der Waals surface area contributed by atoms with Gasteiger partial charge in [-0.1, -0.05) is 26.0 Å². The summed E-state index contributed by atoms with van der Waals surface area (Å²) in [5, 5.41) is 3.42. The smallest absolute Gasteiger partial charge is 0.161 e. The number of hydrogen-bond donors (Lipinski definition) is 1. The van der Waals surface area contributed by atoms with Crippen LogP contribution in [0.1, 0.15) is 13.8 Å².